The first-order valence-corrected chi connectivity index (χ1v) is 6.30. The molecule has 1 fully saturated rings. The number of hydrogen-bond acceptors (Lipinski definition) is 2. The molecule has 3 heteroatoms. The van der Waals surface area contributed by atoms with Gasteiger partial charge in [-0.15, -0.1) is 0 Å². The zero-order valence-electron chi connectivity index (χ0n) is 9.51. The second kappa shape index (κ2) is 4.06. The van der Waals surface area contributed by atoms with Gasteiger partial charge in [0.25, 0.3) is 5.56 Å². The van der Waals surface area contributed by atoms with E-state index in [1.54, 1.807) is 0 Å². The minimum Gasteiger partial charge on any atom is -0.326 e. The van der Waals surface area contributed by atoms with Gasteiger partial charge in [-0.1, -0.05) is 0 Å². The molecule has 16 heavy (non-hydrogen) atoms. The fraction of sp³-hybridized carbons (Fsp3) is 0.615. The molecule has 1 aliphatic carbocycles. The topological polar surface area (TPSA) is 44.9 Å². The Kier molecular flexibility index (Phi) is 2.56. The molecule has 1 atom stereocenters. The zero-order chi connectivity index (χ0) is 11.0. The number of H-pyrrole nitrogens is 1. The summed E-state index contributed by atoms with van der Waals surface area (Å²) in [6.07, 6.45) is 5.61. The molecule has 0 spiro atoms. The molecule has 1 unspecified atom stereocenters. The minimum atomic E-state index is 0.166. The van der Waals surface area contributed by atoms with Crippen LogP contribution in [0.15, 0.2) is 10.9 Å². The van der Waals surface area contributed by atoms with Crippen LogP contribution in [0.1, 0.15) is 42.0 Å². The van der Waals surface area contributed by atoms with E-state index < -0.39 is 0 Å². The van der Waals surface area contributed by atoms with Gasteiger partial charge in [-0.05, 0) is 50.3 Å². The number of aromatic nitrogens is 1. The van der Waals surface area contributed by atoms with Crippen LogP contribution in [0.4, 0.5) is 0 Å². The second-order valence-electron chi connectivity index (χ2n) is 4.95. The molecule has 0 radical (unpaired) electrons. The van der Waals surface area contributed by atoms with Gasteiger partial charge in [-0.25, -0.2) is 0 Å². The standard InChI is InChI=1S/C13H18N2O/c16-13-11-4-2-1-3-9(11)7-12(15-13)10-5-6-14-8-10/h7,10,14H,1-6,8H2,(H,15,16). The van der Waals surface area contributed by atoms with Gasteiger partial charge in [0.05, 0.1) is 0 Å². The summed E-state index contributed by atoms with van der Waals surface area (Å²) in [5.41, 5.74) is 3.66. The number of aromatic amines is 1. The maximum Gasteiger partial charge on any atom is 0.251 e. The van der Waals surface area contributed by atoms with Crippen molar-refractivity contribution in [3.05, 3.63) is 33.2 Å². The second-order valence-corrected chi connectivity index (χ2v) is 4.95. The Balaban J connectivity index is 2.01. The van der Waals surface area contributed by atoms with Crippen molar-refractivity contribution in [2.24, 2.45) is 0 Å². The summed E-state index contributed by atoms with van der Waals surface area (Å²) < 4.78 is 0. The monoisotopic (exact) mass is 218 g/mol. The maximum absolute atomic E-state index is 12.0. The van der Waals surface area contributed by atoms with Gasteiger partial charge in [0.15, 0.2) is 0 Å². The van der Waals surface area contributed by atoms with E-state index in [9.17, 15) is 4.79 Å². The van der Waals surface area contributed by atoms with Crippen LogP contribution in [0.2, 0.25) is 0 Å². The molecule has 2 N–H and O–H groups in total. The van der Waals surface area contributed by atoms with Crippen molar-refractivity contribution < 1.29 is 0 Å². The van der Waals surface area contributed by atoms with Crippen LogP contribution in [0.5, 0.6) is 0 Å². The van der Waals surface area contributed by atoms with E-state index in [2.05, 4.69) is 16.4 Å². The summed E-state index contributed by atoms with van der Waals surface area (Å²) in [6, 6.07) is 2.24. The quantitative estimate of drug-likeness (QED) is 0.747. The number of pyridine rings is 1. The highest BCUT2D eigenvalue weighted by Crippen LogP contribution is 2.24. The molecular formula is C13H18N2O. The van der Waals surface area contributed by atoms with Crippen LogP contribution in [0, 0.1) is 0 Å². The van der Waals surface area contributed by atoms with Gasteiger partial charge < -0.3 is 10.3 Å². The lowest BCUT2D eigenvalue weighted by Gasteiger charge is -2.17. The number of fused-ring (bicyclic) bond motifs is 1. The number of rotatable bonds is 1. The number of hydrogen-bond donors (Lipinski definition) is 2. The van der Waals surface area contributed by atoms with E-state index in [-0.39, 0.29) is 5.56 Å². The van der Waals surface area contributed by atoms with Crippen molar-refractivity contribution in [1.82, 2.24) is 10.3 Å². The third-order valence-corrected chi connectivity index (χ3v) is 3.87. The molecular weight excluding hydrogens is 200 g/mol. The summed E-state index contributed by atoms with van der Waals surface area (Å²) in [7, 11) is 0. The first kappa shape index (κ1) is 10.1. The lowest BCUT2D eigenvalue weighted by Crippen LogP contribution is -2.22. The van der Waals surface area contributed by atoms with E-state index in [1.165, 1.54) is 18.4 Å². The van der Waals surface area contributed by atoms with Crippen LogP contribution in [-0.2, 0) is 12.8 Å². The molecule has 2 heterocycles. The van der Waals surface area contributed by atoms with Gasteiger partial charge in [-0.3, -0.25) is 4.79 Å². The highest BCUT2D eigenvalue weighted by Gasteiger charge is 2.20. The Bertz CT molecular complexity index is 444. The third kappa shape index (κ3) is 1.69. The van der Waals surface area contributed by atoms with Gasteiger partial charge in [0, 0.05) is 23.7 Å². The van der Waals surface area contributed by atoms with Crippen molar-refractivity contribution in [2.45, 2.75) is 38.0 Å². The average Bonchev–Trinajstić information content (AvgIpc) is 2.82. The predicted octanol–water partition coefficient (Wildman–Crippen LogP) is 1.33. The van der Waals surface area contributed by atoms with Crippen LogP contribution in [0.25, 0.3) is 0 Å². The highest BCUT2D eigenvalue weighted by molar-refractivity contribution is 5.30. The molecule has 86 valence electrons. The Morgan fingerprint density at radius 1 is 1.25 bits per heavy atom. The molecule has 1 aromatic heterocycles. The SMILES string of the molecule is O=c1[nH]c(C2CCNC2)cc2c1CCCC2. The third-order valence-electron chi connectivity index (χ3n) is 3.87. The molecule has 0 amide bonds. The Hall–Kier alpha value is -1.09. The van der Waals surface area contributed by atoms with Crippen molar-refractivity contribution in [3.63, 3.8) is 0 Å². The summed E-state index contributed by atoms with van der Waals surface area (Å²) in [5, 5.41) is 3.35. The smallest absolute Gasteiger partial charge is 0.251 e. The van der Waals surface area contributed by atoms with E-state index >= 15 is 0 Å². The molecule has 1 aliphatic heterocycles. The normalized spacial score (nSPS) is 24.4. The number of nitrogens with one attached hydrogen (secondary N) is 2. The molecule has 0 bridgehead atoms. The van der Waals surface area contributed by atoms with Crippen LogP contribution in [0.3, 0.4) is 0 Å². The minimum absolute atomic E-state index is 0.166. The Labute approximate surface area is 95.3 Å². The van der Waals surface area contributed by atoms with Crippen LogP contribution in [-0.4, -0.2) is 18.1 Å². The molecule has 0 saturated carbocycles. The Morgan fingerprint density at radius 2 is 2.12 bits per heavy atom. The largest absolute Gasteiger partial charge is 0.326 e. The first-order chi connectivity index (χ1) is 7.84. The van der Waals surface area contributed by atoms with Crippen molar-refractivity contribution in [1.29, 1.82) is 0 Å². The van der Waals surface area contributed by atoms with Crippen molar-refractivity contribution in [2.75, 3.05) is 13.1 Å². The zero-order valence-corrected chi connectivity index (χ0v) is 9.51. The van der Waals surface area contributed by atoms with Crippen LogP contribution < -0.4 is 10.9 Å². The Morgan fingerprint density at radius 3 is 2.94 bits per heavy atom. The van der Waals surface area contributed by atoms with Crippen LogP contribution >= 0.6 is 0 Å². The summed E-state index contributed by atoms with van der Waals surface area (Å²) in [4.78, 5) is 15.0. The van der Waals surface area contributed by atoms with E-state index in [1.807, 2.05) is 0 Å². The predicted molar refractivity (Wildman–Crippen MR) is 63.9 cm³/mol. The summed E-state index contributed by atoms with van der Waals surface area (Å²) in [5.74, 6) is 0.514. The molecule has 3 rings (SSSR count). The highest BCUT2D eigenvalue weighted by atomic mass is 16.1. The number of aryl methyl sites for hydroxylation is 1. The average molecular weight is 218 g/mol. The molecule has 3 nitrogen and oxygen atoms in total. The van der Waals surface area contributed by atoms with E-state index in [4.69, 9.17) is 0 Å². The van der Waals surface area contributed by atoms with Gasteiger partial charge in [0.2, 0.25) is 0 Å². The van der Waals surface area contributed by atoms with Crippen molar-refractivity contribution in [3.8, 4) is 0 Å². The molecule has 2 aliphatic rings. The first-order valence-electron chi connectivity index (χ1n) is 6.30. The summed E-state index contributed by atoms with van der Waals surface area (Å²) >= 11 is 0. The van der Waals surface area contributed by atoms with Crippen molar-refractivity contribution >= 4 is 0 Å². The molecule has 1 aromatic rings. The maximum atomic E-state index is 12.0. The van der Waals surface area contributed by atoms with E-state index in [0.717, 1.165) is 43.6 Å². The van der Waals surface area contributed by atoms with E-state index in [0.29, 0.717) is 5.92 Å². The molecule has 0 aromatic carbocycles. The van der Waals surface area contributed by atoms with Gasteiger partial charge in [0.1, 0.15) is 0 Å². The fourth-order valence-electron chi connectivity index (χ4n) is 2.92. The summed E-state index contributed by atoms with van der Waals surface area (Å²) in [6.45, 7) is 2.08. The molecule has 1 saturated heterocycles. The van der Waals surface area contributed by atoms with Gasteiger partial charge >= 0.3 is 0 Å². The lowest BCUT2D eigenvalue weighted by molar-refractivity contribution is 0.661. The lowest BCUT2D eigenvalue weighted by atomic mass is 9.91. The fourth-order valence-corrected chi connectivity index (χ4v) is 2.92. The van der Waals surface area contributed by atoms with Gasteiger partial charge in [-0.2, -0.15) is 0 Å².